The second kappa shape index (κ2) is 8.78. The van der Waals surface area contributed by atoms with Gasteiger partial charge in [0.1, 0.15) is 12.1 Å². The summed E-state index contributed by atoms with van der Waals surface area (Å²) in [5.74, 6) is 0.540. The molecule has 0 unspecified atom stereocenters. The van der Waals surface area contributed by atoms with Crippen molar-refractivity contribution in [2.45, 2.75) is 6.18 Å². The first-order chi connectivity index (χ1) is 13.7. The van der Waals surface area contributed by atoms with Gasteiger partial charge in [-0.25, -0.2) is 19.7 Å². The van der Waals surface area contributed by atoms with Crippen molar-refractivity contribution in [3.8, 4) is 0 Å². The van der Waals surface area contributed by atoms with Gasteiger partial charge in [-0.1, -0.05) is 11.6 Å². The minimum atomic E-state index is -4.61. The van der Waals surface area contributed by atoms with Crippen LogP contribution in [0.5, 0.6) is 0 Å². The Labute approximate surface area is 176 Å². The zero-order chi connectivity index (χ0) is 21.0. The summed E-state index contributed by atoms with van der Waals surface area (Å²) >= 11 is 8.89. The van der Waals surface area contributed by atoms with Crippen LogP contribution in [0.25, 0.3) is 11.0 Å². The van der Waals surface area contributed by atoms with Crippen molar-refractivity contribution in [3.63, 3.8) is 0 Å². The van der Waals surface area contributed by atoms with Gasteiger partial charge in [0.05, 0.1) is 16.0 Å². The Morgan fingerprint density at radius 3 is 2.69 bits per heavy atom. The highest BCUT2D eigenvalue weighted by atomic mass is 79.9. The van der Waals surface area contributed by atoms with E-state index in [1.54, 1.807) is 6.20 Å². The van der Waals surface area contributed by atoms with Crippen molar-refractivity contribution in [2.75, 3.05) is 23.7 Å². The number of carbonyl (C=O) groups excluding carboxylic acids is 1. The first-order valence-electron chi connectivity index (χ1n) is 8.16. The van der Waals surface area contributed by atoms with Crippen molar-refractivity contribution < 1.29 is 18.0 Å². The Hall–Kier alpha value is -2.66. The molecule has 2 aromatic heterocycles. The number of pyridine rings is 1. The number of hydrogen-bond donors (Lipinski definition) is 3. The van der Waals surface area contributed by atoms with Crippen LogP contribution in [0.1, 0.15) is 5.56 Å². The van der Waals surface area contributed by atoms with E-state index in [-0.39, 0.29) is 12.2 Å². The Balaban J connectivity index is 1.54. The van der Waals surface area contributed by atoms with E-state index in [1.807, 2.05) is 6.07 Å². The second-order valence-electron chi connectivity index (χ2n) is 5.75. The summed E-state index contributed by atoms with van der Waals surface area (Å²) in [7, 11) is 0. The molecule has 7 nitrogen and oxygen atoms in total. The van der Waals surface area contributed by atoms with E-state index in [0.717, 1.165) is 16.6 Å². The summed E-state index contributed by atoms with van der Waals surface area (Å²) in [5, 5.41) is 8.19. The Morgan fingerprint density at radius 1 is 1.14 bits per heavy atom. The molecule has 0 atom stereocenters. The van der Waals surface area contributed by atoms with Crippen LogP contribution in [0.3, 0.4) is 0 Å². The molecule has 2 heterocycles. The van der Waals surface area contributed by atoms with E-state index in [1.165, 1.54) is 12.4 Å². The van der Waals surface area contributed by atoms with E-state index in [9.17, 15) is 18.0 Å². The monoisotopic (exact) mass is 488 g/mol. The number of hydrogen-bond acceptors (Lipinski definition) is 5. The van der Waals surface area contributed by atoms with Gasteiger partial charge < -0.3 is 16.0 Å². The van der Waals surface area contributed by atoms with Gasteiger partial charge >= 0.3 is 12.2 Å². The highest BCUT2D eigenvalue weighted by molar-refractivity contribution is 9.10. The van der Waals surface area contributed by atoms with Crippen molar-refractivity contribution in [2.24, 2.45) is 0 Å². The molecule has 0 aliphatic heterocycles. The molecule has 2 amide bonds. The van der Waals surface area contributed by atoms with E-state index in [0.29, 0.717) is 23.4 Å². The third-order valence-corrected chi connectivity index (χ3v) is 4.45. The minimum absolute atomic E-state index is 0.0232. The molecule has 12 heteroatoms. The zero-order valence-electron chi connectivity index (χ0n) is 14.5. The number of alkyl halides is 3. The average Bonchev–Trinajstić information content (AvgIpc) is 2.66. The third-order valence-electron chi connectivity index (χ3n) is 3.69. The molecular weight excluding hydrogens is 477 g/mol. The van der Waals surface area contributed by atoms with Crippen LogP contribution in [0.2, 0.25) is 5.02 Å². The molecular formula is C17H13BrClF3N6O. The third kappa shape index (κ3) is 5.45. The van der Waals surface area contributed by atoms with Crippen LogP contribution in [0, 0.1) is 0 Å². The lowest BCUT2D eigenvalue weighted by Crippen LogP contribution is -2.32. The lowest BCUT2D eigenvalue weighted by atomic mass is 10.2. The van der Waals surface area contributed by atoms with Gasteiger partial charge in [0.15, 0.2) is 5.65 Å². The molecule has 1 aromatic carbocycles. The first-order valence-corrected chi connectivity index (χ1v) is 9.33. The van der Waals surface area contributed by atoms with Gasteiger partial charge in [0.2, 0.25) is 0 Å². The van der Waals surface area contributed by atoms with Gasteiger partial charge in [-0.15, -0.1) is 0 Å². The molecule has 0 aliphatic carbocycles. The summed E-state index contributed by atoms with van der Waals surface area (Å²) in [6.07, 6.45) is -1.63. The molecule has 0 spiro atoms. The molecule has 29 heavy (non-hydrogen) atoms. The van der Waals surface area contributed by atoms with E-state index in [2.05, 4.69) is 46.8 Å². The van der Waals surface area contributed by atoms with Crippen molar-refractivity contribution in [1.82, 2.24) is 20.3 Å². The number of halogens is 5. The van der Waals surface area contributed by atoms with Crippen LogP contribution in [-0.2, 0) is 6.18 Å². The lowest BCUT2D eigenvalue weighted by Gasteiger charge is -2.13. The molecule has 3 rings (SSSR count). The fourth-order valence-corrected chi connectivity index (χ4v) is 2.97. The molecule has 0 saturated carbocycles. The smallest absolute Gasteiger partial charge is 0.368 e. The van der Waals surface area contributed by atoms with Crippen LogP contribution in [0.4, 0.5) is 29.5 Å². The fourth-order valence-electron chi connectivity index (χ4n) is 2.41. The highest BCUT2D eigenvalue weighted by Gasteiger charge is 2.33. The normalized spacial score (nSPS) is 11.3. The van der Waals surface area contributed by atoms with Crippen molar-refractivity contribution in [1.29, 1.82) is 0 Å². The van der Waals surface area contributed by atoms with Gasteiger partial charge in [-0.05, 0) is 40.2 Å². The number of urea groups is 1. The van der Waals surface area contributed by atoms with Crippen molar-refractivity contribution in [3.05, 3.63) is 51.8 Å². The van der Waals surface area contributed by atoms with Gasteiger partial charge in [0, 0.05) is 29.4 Å². The van der Waals surface area contributed by atoms with Gasteiger partial charge in [-0.3, -0.25) is 0 Å². The first kappa shape index (κ1) is 21.1. The summed E-state index contributed by atoms with van der Waals surface area (Å²) < 4.78 is 39.4. The number of anilines is 2. The summed E-state index contributed by atoms with van der Waals surface area (Å²) in [5.41, 5.74) is -0.529. The van der Waals surface area contributed by atoms with Crippen LogP contribution >= 0.6 is 27.5 Å². The Morgan fingerprint density at radius 2 is 1.93 bits per heavy atom. The number of nitrogens with one attached hydrogen (secondary N) is 3. The average molecular weight is 490 g/mol. The van der Waals surface area contributed by atoms with Crippen LogP contribution in [-0.4, -0.2) is 34.1 Å². The number of amides is 2. The molecule has 0 saturated heterocycles. The standard InChI is InChI=1S/C17H13BrClF3N6O/c18-9-5-11-14(26-8-27-15(11)25-7-9)23-3-4-24-16(29)28-10-1-2-13(19)12(6-10)17(20,21)22/h1-2,5-8H,3-4H2,(H2,24,28,29)(H,23,25,26,27). The molecule has 3 aromatic rings. The highest BCUT2D eigenvalue weighted by Crippen LogP contribution is 2.36. The maximum Gasteiger partial charge on any atom is 0.417 e. The van der Waals surface area contributed by atoms with Gasteiger partial charge in [0.25, 0.3) is 0 Å². The predicted octanol–water partition coefficient (Wildman–Crippen LogP) is 4.69. The van der Waals surface area contributed by atoms with Gasteiger partial charge in [-0.2, -0.15) is 13.2 Å². The number of aromatic nitrogens is 3. The molecule has 0 radical (unpaired) electrons. The molecule has 0 aliphatic rings. The number of nitrogens with zero attached hydrogens (tertiary/aromatic N) is 3. The molecule has 0 fully saturated rings. The second-order valence-corrected chi connectivity index (χ2v) is 7.07. The molecule has 3 N–H and O–H groups in total. The summed E-state index contributed by atoms with van der Waals surface area (Å²) in [6, 6.07) is 4.29. The van der Waals surface area contributed by atoms with E-state index in [4.69, 9.17) is 11.6 Å². The number of carbonyl (C=O) groups is 1. The number of rotatable bonds is 5. The maximum absolute atomic E-state index is 12.9. The quantitative estimate of drug-likeness (QED) is 0.452. The lowest BCUT2D eigenvalue weighted by molar-refractivity contribution is -0.137. The SMILES string of the molecule is O=C(NCCNc1ncnc2ncc(Br)cc12)Nc1ccc(Cl)c(C(F)(F)F)c1. The van der Waals surface area contributed by atoms with Crippen LogP contribution in [0.15, 0.2) is 41.3 Å². The zero-order valence-corrected chi connectivity index (χ0v) is 16.9. The van der Waals surface area contributed by atoms with Crippen LogP contribution < -0.4 is 16.0 Å². The fraction of sp³-hybridized carbons (Fsp3) is 0.176. The van der Waals surface area contributed by atoms with E-state index < -0.39 is 22.8 Å². The number of benzene rings is 1. The minimum Gasteiger partial charge on any atom is -0.368 e. The molecule has 152 valence electrons. The Kier molecular flexibility index (Phi) is 6.38. The van der Waals surface area contributed by atoms with E-state index >= 15 is 0 Å². The Bertz CT molecular complexity index is 1050. The summed E-state index contributed by atoms with van der Waals surface area (Å²) in [6.45, 7) is 0.513. The largest absolute Gasteiger partial charge is 0.417 e. The summed E-state index contributed by atoms with van der Waals surface area (Å²) in [4.78, 5) is 24.3. The van der Waals surface area contributed by atoms with Crippen molar-refractivity contribution >= 4 is 56.1 Å². The molecule has 0 bridgehead atoms. The number of fused-ring (bicyclic) bond motifs is 1. The topological polar surface area (TPSA) is 91.8 Å². The predicted molar refractivity (Wildman–Crippen MR) is 107 cm³/mol. The maximum atomic E-state index is 12.9.